The van der Waals surface area contributed by atoms with E-state index in [9.17, 15) is 0 Å². The lowest BCUT2D eigenvalue weighted by Gasteiger charge is -1.72. The molecule has 0 saturated carbocycles. The van der Waals surface area contributed by atoms with E-state index in [2.05, 4.69) is 39.2 Å². The molecular weight excluding hydrogens is 108 g/mol. The summed E-state index contributed by atoms with van der Waals surface area (Å²) < 4.78 is 0. The first-order chi connectivity index (χ1) is 4.41. The summed E-state index contributed by atoms with van der Waals surface area (Å²) in [5.74, 6) is 8.00. The Morgan fingerprint density at radius 1 is 1.44 bits per heavy atom. The summed E-state index contributed by atoms with van der Waals surface area (Å²) in [5.41, 5.74) is 0. The lowest BCUT2D eigenvalue weighted by molar-refractivity contribution is 1.26. The maximum absolute atomic E-state index is 4.00. The minimum absolute atomic E-state index is 1.34. The van der Waals surface area contributed by atoms with E-state index >= 15 is 0 Å². The van der Waals surface area contributed by atoms with Crippen LogP contribution in [0.2, 0.25) is 6.32 Å². The smallest absolute Gasteiger partial charge is 0.0776 e. The number of hydrogen-bond acceptors (Lipinski definition) is 2. The molecule has 0 atom stereocenters. The first kappa shape index (κ1) is 15.9. The van der Waals surface area contributed by atoms with Crippen LogP contribution in [0.5, 0.6) is 0 Å². The van der Waals surface area contributed by atoms with Crippen LogP contribution < -0.4 is 11.7 Å². The molecule has 0 spiro atoms. The molecule has 0 unspecified atom stereocenters. The highest BCUT2D eigenvalue weighted by molar-refractivity contribution is 7.23. The molecule has 0 heterocycles. The van der Waals surface area contributed by atoms with Gasteiger partial charge < -0.3 is 0 Å². The van der Waals surface area contributed by atoms with Crippen LogP contribution in [0.25, 0.3) is 0 Å². The van der Waals surface area contributed by atoms with Gasteiger partial charge in [0.05, 0.1) is 22.0 Å². The van der Waals surface area contributed by atoms with Crippen LogP contribution in [0.15, 0.2) is 0 Å². The van der Waals surface area contributed by atoms with Gasteiger partial charge in [-0.3, -0.25) is 11.7 Å². The zero-order chi connectivity index (χ0) is 8.12. The van der Waals surface area contributed by atoms with Crippen LogP contribution in [0.1, 0.15) is 6.92 Å². The molecule has 0 saturated heterocycles. The molecule has 2 nitrogen and oxygen atoms in total. The van der Waals surface area contributed by atoms with E-state index in [0.717, 1.165) is 0 Å². The van der Waals surface area contributed by atoms with Crippen molar-refractivity contribution in [2.24, 2.45) is 11.7 Å². The van der Waals surface area contributed by atoms with Crippen molar-refractivity contribution in [3.8, 4) is 12.8 Å². The van der Waals surface area contributed by atoms with Crippen LogP contribution in [0.3, 0.4) is 0 Å². The van der Waals surface area contributed by atoms with Crippen molar-refractivity contribution in [2.75, 3.05) is 0 Å². The van der Waals surface area contributed by atoms with Crippen LogP contribution in [-0.4, -0.2) is 22.0 Å². The number of hydrogen-bond donors (Lipinski definition) is 2. The van der Waals surface area contributed by atoms with Crippen molar-refractivity contribution in [3.05, 3.63) is 0 Å². The van der Waals surface area contributed by atoms with Gasteiger partial charge in [0.25, 0.3) is 0 Å². The molecule has 0 aromatic rings. The Morgan fingerprint density at radius 3 is 1.78 bits per heavy atom. The van der Waals surface area contributed by atoms with E-state index in [4.69, 9.17) is 0 Å². The normalized spacial score (nSPS) is 4.56. The summed E-state index contributed by atoms with van der Waals surface area (Å²) >= 11 is 0. The summed E-state index contributed by atoms with van der Waals surface area (Å²) in [6, 6.07) is 0. The Balaban J connectivity index is -0.0000000771. The average Bonchev–Trinajstić information content (AvgIpc) is 1.98. The Hall–Kier alpha value is -0.325. The summed E-state index contributed by atoms with van der Waals surface area (Å²) in [5, 5.41) is 0. The Labute approximate surface area is 60.6 Å². The number of hydrazine groups is 1. The summed E-state index contributed by atoms with van der Waals surface area (Å²) in [4.78, 5) is 0. The van der Waals surface area contributed by atoms with Crippen molar-refractivity contribution in [1.29, 1.82) is 0 Å². The molecule has 50 valence electrons. The number of terminal acetylenes is 1. The third-order valence-electron chi connectivity index (χ3n) is 0.707. The second kappa shape index (κ2) is 47.8. The third-order valence-corrected chi connectivity index (χ3v) is 0.707. The molecular formula is C4H15B3N2. The van der Waals surface area contributed by atoms with E-state index in [1.807, 2.05) is 0 Å². The van der Waals surface area contributed by atoms with Gasteiger partial charge in [0.2, 0.25) is 0 Å². The van der Waals surface area contributed by atoms with E-state index < -0.39 is 0 Å². The Morgan fingerprint density at radius 2 is 1.78 bits per heavy atom. The molecule has 9 heavy (non-hydrogen) atoms. The molecule has 0 aliphatic heterocycles. The fraction of sp³-hybridized carbons (Fsp3) is 0.500. The summed E-state index contributed by atoms with van der Waals surface area (Å²) in [6.45, 7) is 2.21. The highest BCUT2D eigenvalue weighted by atomic mass is 15.0. The maximum atomic E-state index is 4.00. The second-order valence-electron chi connectivity index (χ2n) is 1.35. The minimum atomic E-state index is 1.34. The average molecular weight is 124 g/mol. The molecule has 0 radical (unpaired) electrons. The highest BCUT2D eigenvalue weighted by Gasteiger charge is 1.75. The maximum Gasteiger partial charge on any atom is 0.0776 e. The quantitative estimate of drug-likeness (QED) is 0.190. The largest absolute Gasteiger partial charge is 0.274 e. The number of rotatable bonds is 2. The summed E-state index contributed by atoms with van der Waals surface area (Å²) in [6.07, 6.45) is 9.34. The molecule has 0 amide bonds. The third kappa shape index (κ3) is 88.1. The van der Waals surface area contributed by atoms with E-state index in [1.165, 1.54) is 20.6 Å². The van der Waals surface area contributed by atoms with Gasteiger partial charge in [0.1, 0.15) is 0 Å². The van der Waals surface area contributed by atoms with E-state index in [-0.39, 0.29) is 0 Å². The van der Waals surface area contributed by atoms with Gasteiger partial charge in [-0.05, 0) is 0 Å². The molecule has 0 aliphatic rings. The lowest BCUT2D eigenvalue weighted by Crippen LogP contribution is -2.02. The van der Waals surface area contributed by atoms with E-state index in [0.29, 0.717) is 0 Å². The van der Waals surface area contributed by atoms with Crippen LogP contribution in [0, 0.1) is 12.8 Å². The van der Waals surface area contributed by atoms with Crippen molar-refractivity contribution in [1.82, 2.24) is 0 Å². The molecule has 0 fully saturated rings. The van der Waals surface area contributed by atoms with Crippen molar-refractivity contribution < 1.29 is 0 Å². The second-order valence-corrected chi connectivity index (χ2v) is 1.35. The van der Waals surface area contributed by atoms with Crippen LogP contribution >= 0.6 is 0 Å². The van der Waals surface area contributed by atoms with Crippen molar-refractivity contribution >= 4 is 22.0 Å². The predicted octanol–water partition coefficient (Wildman–Crippen LogP) is -2.17. The molecule has 5 heteroatoms. The Kier molecular flexibility index (Phi) is 84.3. The van der Waals surface area contributed by atoms with Gasteiger partial charge in [-0.2, -0.15) is 0 Å². The predicted molar refractivity (Wildman–Crippen MR) is 51.6 cm³/mol. The van der Waals surface area contributed by atoms with Gasteiger partial charge in [-0.1, -0.05) is 13.2 Å². The zero-order valence-electron chi connectivity index (χ0n) is 6.43. The van der Waals surface area contributed by atoms with Gasteiger partial charge in [0.15, 0.2) is 0 Å². The first-order valence-corrected chi connectivity index (χ1v) is 3.08. The van der Waals surface area contributed by atoms with Crippen LogP contribution in [-0.2, 0) is 0 Å². The molecule has 0 aliphatic carbocycles. The standard InChI is InChI=1S/C2H9B3.C2H2.H4N2/c1-2-4-5-3;2*1-2/h4-5H,2-3H2,1H3;1-2H;1-2H2. The lowest BCUT2D eigenvalue weighted by atomic mass is 9.27. The van der Waals surface area contributed by atoms with Gasteiger partial charge in [-0.15, -0.1) is 12.8 Å². The zero-order valence-corrected chi connectivity index (χ0v) is 6.43. The Bertz CT molecular complexity index is 38.0. The fourth-order valence-electron chi connectivity index (χ4n) is 0.354. The minimum Gasteiger partial charge on any atom is -0.274 e. The molecule has 0 rings (SSSR count). The molecule has 4 N–H and O–H groups in total. The van der Waals surface area contributed by atoms with Gasteiger partial charge in [0, 0.05) is 0 Å². The monoisotopic (exact) mass is 124 g/mol. The van der Waals surface area contributed by atoms with Crippen LogP contribution in [0.4, 0.5) is 0 Å². The molecule has 0 aromatic heterocycles. The topological polar surface area (TPSA) is 52.0 Å². The number of nitrogens with two attached hydrogens (primary N) is 2. The highest BCUT2D eigenvalue weighted by Crippen LogP contribution is 1.63. The van der Waals surface area contributed by atoms with Gasteiger partial charge in [-0.25, -0.2) is 0 Å². The molecule has 0 bridgehead atoms. The fourth-order valence-corrected chi connectivity index (χ4v) is 0.354. The van der Waals surface area contributed by atoms with Crippen molar-refractivity contribution in [3.63, 3.8) is 0 Å². The first-order valence-electron chi connectivity index (χ1n) is 3.08. The SMILES string of the molecule is BBBCC.C#C.NN. The van der Waals surface area contributed by atoms with Crippen molar-refractivity contribution in [2.45, 2.75) is 13.2 Å². The molecule has 0 aromatic carbocycles. The van der Waals surface area contributed by atoms with Gasteiger partial charge >= 0.3 is 0 Å². The van der Waals surface area contributed by atoms with E-state index in [1.54, 1.807) is 0 Å². The summed E-state index contributed by atoms with van der Waals surface area (Å²) in [7, 11) is 4.94.